The van der Waals surface area contributed by atoms with E-state index in [0.29, 0.717) is 26.1 Å². The zero-order valence-corrected chi connectivity index (χ0v) is 11.2. The van der Waals surface area contributed by atoms with Gasteiger partial charge in [-0.2, -0.15) is 4.31 Å². The van der Waals surface area contributed by atoms with Crippen molar-refractivity contribution in [2.45, 2.75) is 18.9 Å². The Morgan fingerprint density at radius 2 is 2.11 bits per heavy atom. The fourth-order valence-electron chi connectivity index (χ4n) is 1.85. The molecule has 1 saturated heterocycles. The van der Waals surface area contributed by atoms with E-state index in [2.05, 4.69) is 0 Å². The summed E-state index contributed by atoms with van der Waals surface area (Å²) >= 11 is 0. The van der Waals surface area contributed by atoms with Gasteiger partial charge in [-0.1, -0.05) is 0 Å². The van der Waals surface area contributed by atoms with Crippen LogP contribution in [0.5, 0.6) is 0 Å². The van der Waals surface area contributed by atoms with Crippen molar-refractivity contribution >= 4 is 16.0 Å². The Hall–Kier alpha value is -0.700. The number of carboxylic acid groups (broad SMARTS) is 1. The lowest BCUT2D eigenvalue weighted by Gasteiger charge is -2.20. The third-order valence-electron chi connectivity index (χ3n) is 2.76. The normalized spacial score (nSPS) is 21.3. The topological polar surface area (TPSA) is 93.1 Å². The number of rotatable bonds is 8. The Morgan fingerprint density at radius 3 is 2.72 bits per heavy atom. The highest BCUT2D eigenvalue weighted by Gasteiger charge is 2.38. The summed E-state index contributed by atoms with van der Waals surface area (Å²) in [7, 11) is -2.03. The van der Waals surface area contributed by atoms with Crippen molar-refractivity contribution in [3.8, 4) is 0 Å². The van der Waals surface area contributed by atoms with Crippen LogP contribution in [0.2, 0.25) is 0 Å². The third-order valence-corrected chi connectivity index (χ3v) is 4.60. The van der Waals surface area contributed by atoms with Crippen LogP contribution in [0.25, 0.3) is 0 Å². The van der Waals surface area contributed by atoms with E-state index in [1.54, 1.807) is 0 Å². The molecule has 0 aromatic heterocycles. The van der Waals surface area contributed by atoms with Crippen LogP contribution in [0, 0.1) is 0 Å². The summed E-state index contributed by atoms with van der Waals surface area (Å²) in [6.07, 6.45) is 0.958. The second kappa shape index (κ2) is 7.03. The molecular formula is C10H19NO6S. The van der Waals surface area contributed by atoms with Crippen molar-refractivity contribution in [1.82, 2.24) is 4.31 Å². The van der Waals surface area contributed by atoms with Crippen LogP contribution in [0.4, 0.5) is 0 Å². The van der Waals surface area contributed by atoms with Gasteiger partial charge in [-0.05, 0) is 12.8 Å². The predicted octanol–water partition coefficient (Wildman–Crippen LogP) is -0.472. The highest BCUT2D eigenvalue weighted by Crippen LogP contribution is 2.21. The van der Waals surface area contributed by atoms with Gasteiger partial charge in [0.1, 0.15) is 6.04 Å². The van der Waals surface area contributed by atoms with Crippen molar-refractivity contribution in [2.75, 3.05) is 39.2 Å². The van der Waals surface area contributed by atoms with E-state index in [-0.39, 0.29) is 18.9 Å². The van der Waals surface area contributed by atoms with Gasteiger partial charge >= 0.3 is 5.97 Å². The van der Waals surface area contributed by atoms with Crippen LogP contribution in [-0.2, 0) is 24.3 Å². The first kappa shape index (κ1) is 15.4. The number of carbonyl (C=O) groups is 1. The van der Waals surface area contributed by atoms with Gasteiger partial charge in [0.2, 0.25) is 10.0 Å². The van der Waals surface area contributed by atoms with E-state index < -0.39 is 22.0 Å². The monoisotopic (exact) mass is 281 g/mol. The van der Waals surface area contributed by atoms with E-state index in [1.807, 2.05) is 0 Å². The summed E-state index contributed by atoms with van der Waals surface area (Å²) in [5, 5.41) is 8.93. The largest absolute Gasteiger partial charge is 0.480 e. The molecule has 0 aromatic carbocycles. The molecule has 7 nitrogen and oxygen atoms in total. The zero-order chi connectivity index (χ0) is 13.6. The molecule has 1 aliphatic heterocycles. The number of aliphatic carboxylic acids is 1. The van der Waals surface area contributed by atoms with E-state index in [0.717, 1.165) is 4.31 Å². The predicted molar refractivity (Wildman–Crippen MR) is 63.8 cm³/mol. The summed E-state index contributed by atoms with van der Waals surface area (Å²) < 4.78 is 34.8. The lowest BCUT2D eigenvalue weighted by molar-refractivity contribution is -0.140. The molecule has 0 radical (unpaired) electrons. The van der Waals surface area contributed by atoms with Crippen LogP contribution in [0.1, 0.15) is 12.8 Å². The Labute approximate surface area is 107 Å². The molecule has 0 saturated carbocycles. The van der Waals surface area contributed by atoms with Crippen molar-refractivity contribution in [3.63, 3.8) is 0 Å². The highest BCUT2D eigenvalue weighted by atomic mass is 32.2. The number of hydrogen-bond acceptors (Lipinski definition) is 5. The molecule has 1 fully saturated rings. The Balaban J connectivity index is 2.45. The quantitative estimate of drug-likeness (QED) is 0.604. The smallest absolute Gasteiger partial charge is 0.322 e. The van der Waals surface area contributed by atoms with Crippen LogP contribution in [0.15, 0.2) is 0 Å². The molecule has 0 spiro atoms. The number of nitrogens with zero attached hydrogens (tertiary/aromatic N) is 1. The minimum atomic E-state index is -3.55. The SMILES string of the molecule is COCCOCCS(=O)(=O)N1CCC[C@H]1C(=O)O. The fraction of sp³-hybridized carbons (Fsp3) is 0.900. The first-order valence-corrected chi connectivity index (χ1v) is 7.39. The number of ether oxygens (including phenoxy) is 2. The second-order valence-electron chi connectivity index (χ2n) is 4.03. The molecule has 0 amide bonds. The van der Waals surface area contributed by atoms with Gasteiger partial charge in [0.05, 0.1) is 25.6 Å². The van der Waals surface area contributed by atoms with Gasteiger partial charge in [0, 0.05) is 13.7 Å². The van der Waals surface area contributed by atoms with Gasteiger partial charge in [-0.25, -0.2) is 8.42 Å². The summed E-state index contributed by atoms with van der Waals surface area (Å²) in [5.41, 5.74) is 0. The van der Waals surface area contributed by atoms with Gasteiger partial charge in [0.25, 0.3) is 0 Å². The van der Waals surface area contributed by atoms with Crippen molar-refractivity contribution in [2.24, 2.45) is 0 Å². The van der Waals surface area contributed by atoms with Crippen LogP contribution in [-0.4, -0.2) is 69.1 Å². The Kier molecular flexibility index (Phi) is 6.00. The van der Waals surface area contributed by atoms with Gasteiger partial charge in [-0.15, -0.1) is 0 Å². The second-order valence-corrected chi connectivity index (χ2v) is 6.07. The zero-order valence-electron chi connectivity index (χ0n) is 10.4. The lowest BCUT2D eigenvalue weighted by atomic mass is 10.2. The Morgan fingerprint density at radius 1 is 1.39 bits per heavy atom. The molecule has 18 heavy (non-hydrogen) atoms. The molecule has 1 atom stereocenters. The van der Waals surface area contributed by atoms with E-state index in [1.165, 1.54) is 7.11 Å². The molecule has 1 N–H and O–H groups in total. The van der Waals surface area contributed by atoms with E-state index in [4.69, 9.17) is 14.6 Å². The van der Waals surface area contributed by atoms with Gasteiger partial charge in [0.15, 0.2) is 0 Å². The minimum absolute atomic E-state index is 0.0501. The molecular weight excluding hydrogens is 262 g/mol. The maximum absolute atomic E-state index is 11.9. The molecule has 1 heterocycles. The van der Waals surface area contributed by atoms with Crippen molar-refractivity contribution < 1.29 is 27.8 Å². The van der Waals surface area contributed by atoms with E-state index in [9.17, 15) is 13.2 Å². The van der Waals surface area contributed by atoms with Crippen LogP contribution < -0.4 is 0 Å². The molecule has 0 aromatic rings. The Bertz CT molecular complexity index is 369. The van der Waals surface area contributed by atoms with Gasteiger partial charge < -0.3 is 14.6 Å². The van der Waals surface area contributed by atoms with Crippen molar-refractivity contribution in [3.05, 3.63) is 0 Å². The summed E-state index contributed by atoms with van der Waals surface area (Å²) in [6.45, 7) is 1.06. The molecule has 106 valence electrons. The average molecular weight is 281 g/mol. The number of hydrogen-bond donors (Lipinski definition) is 1. The average Bonchev–Trinajstić information content (AvgIpc) is 2.78. The van der Waals surface area contributed by atoms with Crippen LogP contribution >= 0.6 is 0 Å². The van der Waals surface area contributed by atoms with Gasteiger partial charge in [-0.3, -0.25) is 4.79 Å². The fourth-order valence-corrected chi connectivity index (χ4v) is 3.40. The minimum Gasteiger partial charge on any atom is -0.480 e. The van der Waals surface area contributed by atoms with E-state index >= 15 is 0 Å². The van der Waals surface area contributed by atoms with Crippen molar-refractivity contribution in [1.29, 1.82) is 0 Å². The molecule has 1 aliphatic rings. The standard InChI is InChI=1S/C10H19NO6S/c1-16-5-6-17-7-8-18(14,15)11-4-2-3-9(11)10(12)13/h9H,2-8H2,1H3,(H,12,13)/t9-/m0/s1. The summed E-state index contributed by atoms with van der Waals surface area (Å²) in [5.74, 6) is -1.28. The number of carboxylic acids is 1. The number of sulfonamides is 1. The number of methoxy groups -OCH3 is 1. The lowest BCUT2D eigenvalue weighted by Crippen LogP contribution is -2.42. The highest BCUT2D eigenvalue weighted by molar-refractivity contribution is 7.89. The first-order chi connectivity index (χ1) is 8.49. The molecule has 8 heteroatoms. The molecule has 0 unspecified atom stereocenters. The maximum atomic E-state index is 11.9. The maximum Gasteiger partial charge on any atom is 0.322 e. The third kappa shape index (κ3) is 4.20. The summed E-state index contributed by atoms with van der Waals surface area (Å²) in [6, 6.07) is -0.922. The molecule has 0 aliphatic carbocycles. The molecule has 1 rings (SSSR count). The first-order valence-electron chi connectivity index (χ1n) is 5.78. The summed E-state index contributed by atoms with van der Waals surface area (Å²) in [4.78, 5) is 10.9. The molecule has 0 bridgehead atoms. The van der Waals surface area contributed by atoms with Crippen LogP contribution in [0.3, 0.4) is 0 Å².